The number of hydrogen-bond donors (Lipinski definition) is 2. The Morgan fingerprint density at radius 3 is 3.00 bits per heavy atom. The number of carboxylic acids is 1. The number of fused-ring (bicyclic) bond motifs is 1. The molecular formula is C11H11BrN2O3. The third-order valence-corrected chi connectivity index (χ3v) is 3.02. The Kier molecular flexibility index (Phi) is 3.33. The van der Waals surface area contributed by atoms with Crippen molar-refractivity contribution >= 4 is 39.2 Å². The lowest BCUT2D eigenvalue weighted by molar-refractivity contribution is -0.136. The van der Waals surface area contributed by atoms with Crippen molar-refractivity contribution in [2.75, 3.05) is 23.3 Å². The lowest BCUT2D eigenvalue weighted by Crippen LogP contribution is -2.41. The minimum Gasteiger partial charge on any atom is -0.481 e. The van der Waals surface area contributed by atoms with E-state index in [4.69, 9.17) is 5.11 Å². The van der Waals surface area contributed by atoms with Gasteiger partial charge in [0.05, 0.1) is 24.3 Å². The Balaban J connectivity index is 2.28. The van der Waals surface area contributed by atoms with Crippen molar-refractivity contribution in [2.45, 2.75) is 6.42 Å². The highest BCUT2D eigenvalue weighted by Crippen LogP contribution is 2.32. The highest BCUT2D eigenvalue weighted by atomic mass is 79.9. The van der Waals surface area contributed by atoms with E-state index in [1.165, 1.54) is 4.90 Å². The van der Waals surface area contributed by atoms with Crippen LogP contribution in [0.1, 0.15) is 6.42 Å². The zero-order valence-corrected chi connectivity index (χ0v) is 10.5. The lowest BCUT2D eigenvalue weighted by atomic mass is 10.2. The monoisotopic (exact) mass is 298 g/mol. The highest BCUT2D eigenvalue weighted by Gasteiger charge is 2.24. The molecule has 0 bridgehead atoms. The van der Waals surface area contributed by atoms with Crippen LogP contribution in [0, 0.1) is 0 Å². The Labute approximate surface area is 107 Å². The minimum absolute atomic E-state index is 0.0578. The molecule has 1 aromatic rings. The van der Waals surface area contributed by atoms with Gasteiger partial charge in [-0.2, -0.15) is 0 Å². The summed E-state index contributed by atoms with van der Waals surface area (Å²) in [5.74, 6) is -1.02. The number of hydrogen-bond acceptors (Lipinski definition) is 3. The first-order valence-corrected chi connectivity index (χ1v) is 5.93. The number of benzene rings is 1. The van der Waals surface area contributed by atoms with Crippen LogP contribution in [0.25, 0.3) is 0 Å². The molecule has 2 rings (SSSR count). The number of carbonyl (C=O) groups is 2. The molecule has 1 aliphatic heterocycles. The summed E-state index contributed by atoms with van der Waals surface area (Å²) in [5, 5.41) is 11.7. The molecule has 5 nitrogen and oxygen atoms in total. The number of carbonyl (C=O) groups excluding carboxylic acids is 1. The van der Waals surface area contributed by atoms with E-state index >= 15 is 0 Å². The molecule has 6 heteroatoms. The summed E-state index contributed by atoms with van der Waals surface area (Å²) in [5.41, 5.74) is 1.56. The smallest absolute Gasteiger partial charge is 0.305 e. The van der Waals surface area contributed by atoms with Crippen LogP contribution in [0.2, 0.25) is 0 Å². The van der Waals surface area contributed by atoms with Gasteiger partial charge in [0, 0.05) is 11.0 Å². The van der Waals surface area contributed by atoms with Gasteiger partial charge in [-0.15, -0.1) is 0 Å². The molecule has 0 spiro atoms. The second-order valence-corrected chi connectivity index (χ2v) is 4.62. The molecule has 17 heavy (non-hydrogen) atoms. The summed E-state index contributed by atoms with van der Waals surface area (Å²) < 4.78 is 0.855. The summed E-state index contributed by atoms with van der Waals surface area (Å²) in [7, 11) is 0. The number of halogens is 1. The van der Waals surface area contributed by atoms with E-state index in [0.29, 0.717) is 0 Å². The summed E-state index contributed by atoms with van der Waals surface area (Å²) in [4.78, 5) is 23.8. The maximum atomic E-state index is 11.7. The molecule has 0 fully saturated rings. The quantitative estimate of drug-likeness (QED) is 0.891. The maximum absolute atomic E-state index is 11.7. The van der Waals surface area contributed by atoms with Crippen molar-refractivity contribution < 1.29 is 14.7 Å². The third kappa shape index (κ3) is 2.58. The zero-order chi connectivity index (χ0) is 12.4. The van der Waals surface area contributed by atoms with E-state index in [2.05, 4.69) is 21.2 Å². The number of nitrogens with one attached hydrogen (secondary N) is 1. The van der Waals surface area contributed by atoms with Crippen molar-refractivity contribution in [3.05, 3.63) is 22.7 Å². The van der Waals surface area contributed by atoms with Crippen LogP contribution >= 0.6 is 15.9 Å². The van der Waals surface area contributed by atoms with Crippen LogP contribution < -0.4 is 10.2 Å². The molecular weight excluding hydrogens is 288 g/mol. The number of nitrogens with zero attached hydrogens (tertiary/aromatic N) is 1. The fraction of sp³-hybridized carbons (Fsp3) is 0.273. The van der Waals surface area contributed by atoms with E-state index < -0.39 is 5.97 Å². The first-order chi connectivity index (χ1) is 8.08. The topological polar surface area (TPSA) is 69.6 Å². The molecule has 0 aliphatic carbocycles. The summed E-state index contributed by atoms with van der Waals surface area (Å²) in [6.45, 7) is 0.396. The average molecular weight is 299 g/mol. The van der Waals surface area contributed by atoms with Gasteiger partial charge in [-0.05, 0) is 18.2 Å². The summed E-state index contributed by atoms with van der Waals surface area (Å²) >= 11 is 3.34. The SMILES string of the molecule is O=C(O)CCN1C(=O)CNc2ccc(Br)cc21. The predicted molar refractivity (Wildman–Crippen MR) is 67.2 cm³/mol. The number of carboxylic acid groups (broad SMARTS) is 1. The van der Waals surface area contributed by atoms with Crippen LogP contribution in [0.3, 0.4) is 0 Å². The van der Waals surface area contributed by atoms with Gasteiger partial charge >= 0.3 is 5.97 Å². The highest BCUT2D eigenvalue weighted by molar-refractivity contribution is 9.10. The van der Waals surface area contributed by atoms with Crippen molar-refractivity contribution in [2.24, 2.45) is 0 Å². The maximum Gasteiger partial charge on any atom is 0.305 e. The Morgan fingerprint density at radius 2 is 2.29 bits per heavy atom. The first-order valence-electron chi connectivity index (χ1n) is 5.13. The lowest BCUT2D eigenvalue weighted by Gasteiger charge is -2.30. The third-order valence-electron chi connectivity index (χ3n) is 2.53. The molecule has 90 valence electrons. The van der Waals surface area contributed by atoms with Crippen LogP contribution in [0.4, 0.5) is 11.4 Å². The molecule has 0 saturated carbocycles. The van der Waals surface area contributed by atoms with Crippen LogP contribution in [0.15, 0.2) is 22.7 Å². The normalized spacial score (nSPS) is 14.2. The molecule has 0 radical (unpaired) electrons. The Hall–Kier alpha value is -1.56. The van der Waals surface area contributed by atoms with E-state index in [0.717, 1.165) is 15.8 Å². The fourth-order valence-electron chi connectivity index (χ4n) is 1.73. The molecule has 1 heterocycles. The van der Waals surface area contributed by atoms with E-state index in [1.54, 1.807) is 6.07 Å². The van der Waals surface area contributed by atoms with Gasteiger partial charge in [-0.25, -0.2) is 0 Å². The van der Waals surface area contributed by atoms with Gasteiger partial charge < -0.3 is 15.3 Å². The number of aliphatic carboxylic acids is 1. The Bertz CT molecular complexity index is 476. The minimum atomic E-state index is -0.909. The van der Waals surface area contributed by atoms with Crippen molar-refractivity contribution in [3.8, 4) is 0 Å². The first kappa shape index (κ1) is 11.9. The fourth-order valence-corrected chi connectivity index (χ4v) is 2.08. The number of amides is 1. The van der Waals surface area contributed by atoms with Crippen molar-refractivity contribution in [1.82, 2.24) is 0 Å². The van der Waals surface area contributed by atoms with Crippen LogP contribution in [0.5, 0.6) is 0 Å². The van der Waals surface area contributed by atoms with Crippen molar-refractivity contribution in [1.29, 1.82) is 0 Å². The molecule has 1 aromatic carbocycles. The standard InChI is InChI=1S/C11H11BrN2O3/c12-7-1-2-8-9(5-7)14(4-3-11(16)17)10(15)6-13-8/h1-2,5,13H,3-4,6H2,(H,16,17). The van der Waals surface area contributed by atoms with E-state index in [9.17, 15) is 9.59 Å². The predicted octanol–water partition coefficient (Wildman–Crippen LogP) is 1.68. The Morgan fingerprint density at radius 1 is 1.53 bits per heavy atom. The number of rotatable bonds is 3. The summed E-state index contributed by atoms with van der Waals surface area (Å²) in [6, 6.07) is 5.54. The summed E-state index contributed by atoms with van der Waals surface area (Å²) in [6.07, 6.45) is -0.0578. The van der Waals surface area contributed by atoms with Gasteiger partial charge in [0.1, 0.15) is 0 Å². The van der Waals surface area contributed by atoms with Gasteiger partial charge in [0.2, 0.25) is 5.91 Å². The number of anilines is 2. The van der Waals surface area contributed by atoms with E-state index in [-0.39, 0.29) is 25.4 Å². The largest absolute Gasteiger partial charge is 0.481 e. The van der Waals surface area contributed by atoms with Gasteiger partial charge in [0.25, 0.3) is 0 Å². The molecule has 0 atom stereocenters. The van der Waals surface area contributed by atoms with Crippen molar-refractivity contribution in [3.63, 3.8) is 0 Å². The molecule has 2 N–H and O–H groups in total. The van der Waals surface area contributed by atoms with Crippen LogP contribution in [-0.2, 0) is 9.59 Å². The van der Waals surface area contributed by atoms with E-state index in [1.807, 2.05) is 12.1 Å². The van der Waals surface area contributed by atoms with Gasteiger partial charge in [-0.1, -0.05) is 15.9 Å². The average Bonchev–Trinajstić information content (AvgIpc) is 2.27. The second kappa shape index (κ2) is 4.75. The van der Waals surface area contributed by atoms with Crippen LogP contribution in [-0.4, -0.2) is 30.1 Å². The van der Waals surface area contributed by atoms with Gasteiger partial charge in [0.15, 0.2) is 0 Å². The van der Waals surface area contributed by atoms with Gasteiger partial charge in [-0.3, -0.25) is 9.59 Å². The zero-order valence-electron chi connectivity index (χ0n) is 8.94. The molecule has 1 aliphatic rings. The molecule has 0 saturated heterocycles. The molecule has 0 aromatic heterocycles. The molecule has 0 unspecified atom stereocenters. The molecule has 1 amide bonds. The second-order valence-electron chi connectivity index (χ2n) is 3.70.